The molecule has 1 aliphatic heterocycles. The lowest BCUT2D eigenvalue weighted by molar-refractivity contribution is -0.131. The van der Waals surface area contributed by atoms with Gasteiger partial charge < -0.3 is 16.0 Å². The van der Waals surface area contributed by atoms with Gasteiger partial charge in [0, 0.05) is 43.2 Å². The first kappa shape index (κ1) is 14.5. The number of hydrogen-bond donors (Lipinski definition) is 2. The minimum absolute atomic E-state index is 0.232. The summed E-state index contributed by atoms with van der Waals surface area (Å²) < 4.78 is 0. The van der Waals surface area contributed by atoms with Crippen LogP contribution >= 0.6 is 23.4 Å². The molecule has 1 amide bonds. The number of nitrogens with one attached hydrogen (secondary N) is 1. The Morgan fingerprint density at radius 1 is 1.42 bits per heavy atom. The Morgan fingerprint density at radius 2 is 2.16 bits per heavy atom. The molecule has 0 unspecified atom stereocenters. The molecule has 1 saturated heterocycles. The van der Waals surface area contributed by atoms with Crippen LogP contribution in [-0.2, 0) is 4.79 Å². The third-order valence-electron chi connectivity index (χ3n) is 3.03. The van der Waals surface area contributed by atoms with Crippen LogP contribution in [0.3, 0.4) is 0 Å². The van der Waals surface area contributed by atoms with Crippen molar-refractivity contribution in [3.8, 4) is 0 Å². The quantitative estimate of drug-likeness (QED) is 0.658. The molecular weight excluding hydrogens is 282 g/mol. The molecule has 3 N–H and O–H groups in total. The number of thioether (sulfide) groups is 1. The molecule has 4 nitrogen and oxygen atoms in total. The van der Waals surface area contributed by atoms with E-state index in [0.717, 1.165) is 36.8 Å². The number of carbonyl (C=O) groups is 1. The van der Waals surface area contributed by atoms with Crippen molar-refractivity contribution in [3.63, 3.8) is 0 Å². The Balaban J connectivity index is 1.76. The van der Waals surface area contributed by atoms with E-state index in [4.69, 9.17) is 17.3 Å². The molecule has 1 aliphatic rings. The molecule has 0 spiro atoms. The van der Waals surface area contributed by atoms with Crippen LogP contribution in [0.1, 0.15) is 6.42 Å². The van der Waals surface area contributed by atoms with E-state index in [2.05, 4.69) is 5.32 Å². The number of piperazine rings is 1. The number of rotatable bonds is 4. The highest BCUT2D eigenvalue weighted by Crippen LogP contribution is 2.26. The molecule has 1 fully saturated rings. The standard InChI is InChI=1S/C13H18ClN3OS/c14-11-9-10(1-2-12(11)15)19-8-3-13(18)17-6-4-16-5-7-17/h1-2,9,16H,3-8,15H2. The summed E-state index contributed by atoms with van der Waals surface area (Å²) in [4.78, 5) is 14.9. The molecule has 0 saturated carbocycles. The molecule has 1 heterocycles. The van der Waals surface area contributed by atoms with Gasteiger partial charge in [0.25, 0.3) is 0 Å². The Labute approximate surface area is 122 Å². The van der Waals surface area contributed by atoms with Crippen LogP contribution in [0.4, 0.5) is 5.69 Å². The summed E-state index contributed by atoms with van der Waals surface area (Å²) in [5.41, 5.74) is 6.24. The second kappa shape index (κ2) is 7.03. The summed E-state index contributed by atoms with van der Waals surface area (Å²) in [5, 5.41) is 3.81. The number of hydrogen-bond acceptors (Lipinski definition) is 4. The number of halogens is 1. The van der Waals surface area contributed by atoms with Crippen LogP contribution in [0.2, 0.25) is 5.02 Å². The fourth-order valence-corrected chi connectivity index (χ4v) is 3.05. The average molecular weight is 300 g/mol. The van der Waals surface area contributed by atoms with E-state index in [1.54, 1.807) is 17.8 Å². The van der Waals surface area contributed by atoms with Gasteiger partial charge in [0.2, 0.25) is 5.91 Å². The highest BCUT2D eigenvalue weighted by molar-refractivity contribution is 7.99. The Hall–Kier alpha value is -0.910. The molecule has 6 heteroatoms. The van der Waals surface area contributed by atoms with Gasteiger partial charge in [0.1, 0.15) is 0 Å². The lowest BCUT2D eigenvalue weighted by atomic mass is 10.3. The zero-order chi connectivity index (χ0) is 13.7. The predicted octanol–water partition coefficient (Wildman–Crippen LogP) is 1.84. The highest BCUT2D eigenvalue weighted by atomic mass is 35.5. The van der Waals surface area contributed by atoms with Gasteiger partial charge in [-0.05, 0) is 18.2 Å². The number of amides is 1. The van der Waals surface area contributed by atoms with Crippen LogP contribution in [-0.4, -0.2) is 42.7 Å². The van der Waals surface area contributed by atoms with Gasteiger partial charge in [-0.1, -0.05) is 11.6 Å². The number of benzene rings is 1. The van der Waals surface area contributed by atoms with Crippen molar-refractivity contribution in [1.29, 1.82) is 0 Å². The zero-order valence-electron chi connectivity index (χ0n) is 10.7. The number of nitrogens with two attached hydrogens (primary N) is 1. The second-order valence-corrected chi connectivity index (χ2v) is 5.99. The normalized spacial score (nSPS) is 15.5. The van der Waals surface area contributed by atoms with E-state index in [1.165, 1.54) is 0 Å². The minimum Gasteiger partial charge on any atom is -0.398 e. The smallest absolute Gasteiger partial charge is 0.223 e. The summed E-state index contributed by atoms with van der Waals surface area (Å²) in [6.45, 7) is 3.42. The predicted molar refractivity (Wildman–Crippen MR) is 80.7 cm³/mol. The number of nitrogens with zero attached hydrogens (tertiary/aromatic N) is 1. The summed E-state index contributed by atoms with van der Waals surface area (Å²) in [7, 11) is 0. The monoisotopic (exact) mass is 299 g/mol. The summed E-state index contributed by atoms with van der Waals surface area (Å²) >= 11 is 7.59. The van der Waals surface area contributed by atoms with E-state index >= 15 is 0 Å². The summed E-state index contributed by atoms with van der Waals surface area (Å²) in [6, 6.07) is 5.57. The Morgan fingerprint density at radius 3 is 2.84 bits per heavy atom. The van der Waals surface area contributed by atoms with Gasteiger partial charge in [0.15, 0.2) is 0 Å². The average Bonchev–Trinajstić information content (AvgIpc) is 2.43. The van der Waals surface area contributed by atoms with Gasteiger partial charge in [-0.15, -0.1) is 11.8 Å². The van der Waals surface area contributed by atoms with Crippen LogP contribution in [0.25, 0.3) is 0 Å². The van der Waals surface area contributed by atoms with Crippen LogP contribution < -0.4 is 11.1 Å². The third-order valence-corrected chi connectivity index (χ3v) is 4.35. The minimum atomic E-state index is 0.232. The van der Waals surface area contributed by atoms with E-state index in [0.29, 0.717) is 17.1 Å². The number of anilines is 1. The first-order valence-electron chi connectivity index (χ1n) is 6.33. The van der Waals surface area contributed by atoms with Crippen molar-refractivity contribution in [2.75, 3.05) is 37.7 Å². The van der Waals surface area contributed by atoms with E-state index in [9.17, 15) is 4.79 Å². The van der Waals surface area contributed by atoms with Crippen molar-refractivity contribution in [3.05, 3.63) is 23.2 Å². The summed E-state index contributed by atoms with van der Waals surface area (Å²) in [5.74, 6) is 0.999. The lowest BCUT2D eigenvalue weighted by Gasteiger charge is -2.27. The van der Waals surface area contributed by atoms with Crippen molar-refractivity contribution >= 4 is 35.0 Å². The van der Waals surface area contributed by atoms with Gasteiger partial charge in [0.05, 0.1) is 10.7 Å². The zero-order valence-corrected chi connectivity index (χ0v) is 12.3. The molecule has 1 aromatic rings. The third kappa shape index (κ3) is 4.30. The van der Waals surface area contributed by atoms with Crippen LogP contribution in [0.15, 0.2) is 23.1 Å². The van der Waals surface area contributed by atoms with Crippen molar-refractivity contribution in [1.82, 2.24) is 10.2 Å². The molecule has 0 aromatic heterocycles. The Kier molecular flexibility index (Phi) is 5.36. The van der Waals surface area contributed by atoms with Gasteiger partial charge in [-0.25, -0.2) is 0 Å². The Bertz CT molecular complexity index is 450. The molecule has 0 aliphatic carbocycles. The van der Waals surface area contributed by atoms with E-state index in [-0.39, 0.29) is 5.91 Å². The van der Waals surface area contributed by atoms with Gasteiger partial charge in [-0.3, -0.25) is 4.79 Å². The highest BCUT2D eigenvalue weighted by Gasteiger charge is 2.15. The maximum Gasteiger partial charge on any atom is 0.223 e. The van der Waals surface area contributed by atoms with Crippen molar-refractivity contribution < 1.29 is 4.79 Å². The largest absolute Gasteiger partial charge is 0.398 e. The van der Waals surface area contributed by atoms with Gasteiger partial charge >= 0.3 is 0 Å². The van der Waals surface area contributed by atoms with Gasteiger partial charge in [-0.2, -0.15) is 0 Å². The molecule has 2 rings (SSSR count). The van der Waals surface area contributed by atoms with Crippen LogP contribution in [0, 0.1) is 0 Å². The van der Waals surface area contributed by atoms with Crippen molar-refractivity contribution in [2.24, 2.45) is 0 Å². The van der Waals surface area contributed by atoms with E-state index < -0.39 is 0 Å². The molecular formula is C13H18ClN3OS. The number of carbonyl (C=O) groups excluding carboxylic acids is 1. The molecule has 19 heavy (non-hydrogen) atoms. The maximum atomic E-state index is 11.9. The summed E-state index contributed by atoms with van der Waals surface area (Å²) in [6.07, 6.45) is 0.562. The fourth-order valence-electron chi connectivity index (χ4n) is 1.93. The molecule has 104 valence electrons. The molecule has 0 atom stereocenters. The first-order chi connectivity index (χ1) is 9.16. The van der Waals surface area contributed by atoms with E-state index in [1.807, 2.05) is 17.0 Å². The van der Waals surface area contributed by atoms with Crippen molar-refractivity contribution in [2.45, 2.75) is 11.3 Å². The molecule has 1 aromatic carbocycles. The SMILES string of the molecule is Nc1ccc(SCCC(=O)N2CCNCC2)cc1Cl. The topological polar surface area (TPSA) is 58.4 Å². The lowest BCUT2D eigenvalue weighted by Crippen LogP contribution is -2.46. The second-order valence-electron chi connectivity index (χ2n) is 4.41. The molecule has 0 radical (unpaired) electrons. The van der Waals surface area contributed by atoms with Crippen LogP contribution in [0.5, 0.6) is 0 Å². The maximum absolute atomic E-state index is 11.9. The molecule has 0 bridgehead atoms. The number of nitrogen functional groups attached to an aromatic ring is 1. The first-order valence-corrected chi connectivity index (χ1v) is 7.69. The fraction of sp³-hybridized carbons (Fsp3) is 0.462.